The Morgan fingerprint density at radius 2 is 1.86 bits per heavy atom. The maximum absolute atomic E-state index is 13.2. The second-order valence-corrected chi connectivity index (χ2v) is 10.6. The highest BCUT2D eigenvalue weighted by atomic mass is 79.9. The molecule has 13 heteroatoms. The minimum absolute atomic E-state index is 0.0810. The average molecular weight is 593 g/mol. The molecule has 198 valence electrons. The van der Waals surface area contributed by atoms with E-state index < -0.39 is 38.7 Å². The van der Waals surface area contributed by atoms with E-state index >= 15 is 0 Å². The van der Waals surface area contributed by atoms with Crippen LogP contribution in [0.3, 0.4) is 0 Å². The number of benzene rings is 1. The molecule has 1 aromatic carbocycles. The number of nitrogens with one attached hydrogen (secondary N) is 3. The molecule has 0 saturated carbocycles. The summed E-state index contributed by atoms with van der Waals surface area (Å²) < 4.78 is 68.0. The van der Waals surface area contributed by atoms with E-state index in [1.807, 2.05) is 18.7 Å². The van der Waals surface area contributed by atoms with Crippen LogP contribution in [0.15, 0.2) is 45.8 Å². The Labute approximate surface area is 216 Å². The van der Waals surface area contributed by atoms with E-state index in [9.17, 15) is 26.4 Å². The second kappa shape index (κ2) is 12.5. The first-order chi connectivity index (χ1) is 16.8. The van der Waals surface area contributed by atoms with Gasteiger partial charge in [-0.05, 0) is 58.8 Å². The molecule has 36 heavy (non-hydrogen) atoms. The molecule has 8 nitrogen and oxygen atoms in total. The number of esters is 1. The summed E-state index contributed by atoms with van der Waals surface area (Å²) in [5, 5.41) is 10.1. The van der Waals surface area contributed by atoms with Gasteiger partial charge in [-0.25, -0.2) is 8.42 Å². The lowest BCUT2D eigenvalue weighted by Gasteiger charge is -2.18. The van der Waals surface area contributed by atoms with Crippen molar-refractivity contribution in [1.29, 1.82) is 5.41 Å². The number of H-pyrrole nitrogens is 1. The number of halogens is 4. The van der Waals surface area contributed by atoms with E-state index in [1.54, 1.807) is 18.2 Å². The monoisotopic (exact) mass is 592 g/mol. The van der Waals surface area contributed by atoms with Crippen molar-refractivity contribution in [3.63, 3.8) is 0 Å². The number of allylic oxidation sites excluding steroid dienone is 1. The number of aromatic amines is 1. The third-order valence-corrected chi connectivity index (χ3v) is 7.13. The summed E-state index contributed by atoms with van der Waals surface area (Å²) in [5.41, 5.74) is -0.762. The van der Waals surface area contributed by atoms with Gasteiger partial charge in [-0.2, -0.15) is 13.2 Å². The van der Waals surface area contributed by atoms with Gasteiger partial charge in [0, 0.05) is 18.5 Å². The number of hydrogen-bond acceptors (Lipinski definition) is 7. The summed E-state index contributed by atoms with van der Waals surface area (Å²) in [6.45, 7) is 5.73. The summed E-state index contributed by atoms with van der Waals surface area (Å²) in [5.74, 6) is -0.675. The van der Waals surface area contributed by atoms with Gasteiger partial charge in [-0.1, -0.05) is 26.0 Å². The molecule has 1 heterocycles. The molecule has 2 aromatic rings. The normalized spacial score (nSPS) is 12.9. The SMILES string of the molecule is CCN(CC)CCOC(=O)CN/C(=C(/Br)C(=N)C(F)(F)F)c1ccc(-c2cccc(S(C)(=O)=O)c2)[nH]1. The highest BCUT2D eigenvalue weighted by molar-refractivity contribution is 9.12. The fourth-order valence-corrected chi connectivity index (χ4v) is 4.43. The van der Waals surface area contributed by atoms with Crippen LogP contribution in [0.4, 0.5) is 13.2 Å². The maximum atomic E-state index is 13.2. The number of likely N-dealkylation sites (N-methyl/N-ethyl adjacent to an activating group) is 1. The van der Waals surface area contributed by atoms with E-state index in [0.717, 1.165) is 19.3 Å². The van der Waals surface area contributed by atoms with Gasteiger partial charge in [-0.15, -0.1) is 0 Å². The first-order valence-electron chi connectivity index (χ1n) is 11.0. The van der Waals surface area contributed by atoms with Crippen molar-refractivity contribution in [2.24, 2.45) is 0 Å². The van der Waals surface area contributed by atoms with Crippen molar-refractivity contribution in [3.8, 4) is 11.3 Å². The van der Waals surface area contributed by atoms with Gasteiger partial charge < -0.3 is 19.9 Å². The van der Waals surface area contributed by atoms with E-state index in [1.165, 1.54) is 18.2 Å². The molecule has 3 N–H and O–H groups in total. The molecular weight excluding hydrogens is 565 g/mol. The van der Waals surface area contributed by atoms with Crippen LogP contribution in [0.1, 0.15) is 19.5 Å². The summed E-state index contributed by atoms with van der Waals surface area (Å²) in [6, 6.07) is 9.07. The third-order valence-electron chi connectivity index (χ3n) is 5.23. The fraction of sp³-hybridized carbons (Fsp3) is 0.391. The standard InChI is InChI=1S/C23H28BrF3N4O4S/c1-4-31(5-2)11-12-35-19(32)14-29-21(20(24)22(28)23(25,26)27)18-10-9-17(30-18)15-7-6-8-16(13-15)36(3,33)34/h6-10,13,28-30H,4-5,11-12,14H2,1-3H3/b21-20+,28-22?. The van der Waals surface area contributed by atoms with E-state index in [2.05, 4.69) is 26.2 Å². The quantitative estimate of drug-likeness (QED) is 0.251. The number of nitrogens with zero attached hydrogens (tertiary/aromatic N) is 1. The molecule has 1 aromatic heterocycles. The molecule has 0 unspecified atom stereocenters. The molecule has 0 fully saturated rings. The first-order valence-corrected chi connectivity index (χ1v) is 13.6. The number of hydrogen-bond donors (Lipinski definition) is 3. The van der Waals surface area contributed by atoms with Crippen LogP contribution >= 0.6 is 15.9 Å². The van der Waals surface area contributed by atoms with Crippen molar-refractivity contribution < 1.29 is 31.1 Å². The average Bonchev–Trinajstić information content (AvgIpc) is 3.30. The van der Waals surface area contributed by atoms with Gasteiger partial charge in [0.15, 0.2) is 15.5 Å². The largest absolute Gasteiger partial charge is 0.463 e. The highest BCUT2D eigenvalue weighted by Gasteiger charge is 2.37. The van der Waals surface area contributed by atoms with Gasteiger partial charge in [0.05, 0.1) is 20.8 Å². The van der Waals surface area contributed by atoms with E-state index in [0.29, 0.717) is 17.8 Å². The van der Waals surface area contributed by atoms with Crippen LogP contribution in [0.2, 0.25) is 0 Å². The lowest BCUT2D eigenvalue weighted by Crippen LogP contribution is -2.31. The Kier molecular flexibility index (Phi) is 10.3. The number of alkyl halides is 3. The van der Waals surface area contributed by atoms with Crippen molar-refractivity contribution >= 4 is 43.1 Å². The predicted molar refractivity (Wildman–Crippen MR) is 136 cm³/mol. The van der Waals surface area contributed by atoms with Crippen molar-refractivity contribution in [3.05, 3.63) is 46.6 Å². The molecule has 0 spiro atoms. The molecular formula is C23H28BrF3N4O4S. The smallest absolute Gasteiger partial charge is 0.433 e. The Bertz CT molecular complexity index is 1220. The highest BCUT2D eigenvalue weighted by Crippen LogP contribution is 2.31. The number of sulfone groups is 1. The van der Waals surface area contributed by atoms with Gasteiger partial charge in [-0.3, -0.25) is 10.2 Å². The number of rotatable bonds is 12. The number of carbonyl (C=O) groups excluding carboxylic acids is 1. The summed E-state index contributed by atoms with van der Waals surface area (Å²) in [6.07, 6.45) is -3.87. The Hall–Kier alpha value is -2.64. The van der Waals surface area contributed by atoms with Gasteiger partial charge in [0.25, 0.3) is 0 Å². The van der Waals surface area contributed by atoms with Crippen LogP contribution in [-0.4, -0.2) is 75.2 Å². The summed E-state index contributed by atoms with van der Waals surface area (Å²) in [7, 11) is -3.47. The lowest BCUT2D eigenvalue weighted by molar-refractivity contribution is -0.142. The molecule has 0 aliphatic carbocycles. The zero-order chi connectivity index (χ0) is 27.1. The third kappa shape index (κ3) is 8.20. The molecule has 0 bridgehead atoms. The summed E-state index contributed by atoms with van der Waals surface area (Å²) >= 11 is 2.84. The maximum Gasteiger partial charge on any atom is 0.433 e. The minimum atomic E-state index is -4.94. The van der Waals surface area contributed by atoms with E-state index in [-0.39, 0.29) is 22.9 Å². The van der Waals surface area contributed by atoms with Crippen molar-refractivity contribution in [2.45, 2.75) is 24.9 Å². The van der Waals surface area contributed by atoms with Crippen LogP contribution in [-0.2, 0) is 19.4 Å². The topological polar surface area (TPSA) is 115 Å². The zero-order valence-electron chi connectivity index (χ0n) is 20.0. The molecule has 0 radical (unpaired) electrons. The molecule has 2 rings (SSSR count). The number of ether oxygens (including phenoxy) is 1. The number of carbonyl (C=O) groups is 1. The molecule has 0 amide bonds. The van der Waals surface area contributed by atoms with Crippen molar-refractivity contribution in [1.82, 2.24) is 15.2 Å². The van der Waals surface area contributed by atoms with Crippen LogP contribution in [0.5, 0.6) is 0 Å². The van der Waals surface area contributed by atoms with E-state index in [4.69, 9.17) is 10.1 Å². The Balaban J connectivity index is 2.30. The zero-order valence-corrected chi connectivity index (χ0v) is 22.4. The minimum Gasteiger partial charge on any atom is -0.463 e. The fourth-order valence-electron chi connectivity index (χ4n) is 3.18. The summed E-state index contributed by atoms with van der Waals surface area (Å²) in [4.78, 5) is 17.3. The van der Waals surface area contributed by atoms with Crippen LogP contribution in [0, 0.1) is 5.41 Å². The Morgan fingerprint density at radius 1 is 1.19 bits per heavy atom. The van der Waals surface area contributed by atoms with Gasteiger partial charge in [0.1, 0.15) is 13.2 Å². The first kappa shape index (κ1) is 29.6. The number of aromatic nitrogens is 1. The Morgan fingerprint density at radius 3 is 2.44 bits per heavy atom. The van der Waals surface area contributed by atoms with Gasteiger partial charge in [0.2, 0.25) is 0 Å². The van der Waals surface area contributed by atoms with Crippen LogP contribution < -0.4 is 5.32 Å². The lowest BCUT2D eigenvalue weighted by atomic mass is 10.2. The van der Waals surface area contributed by atoms with Crippen LogP contribution in [0.25, 0.3) is 17.0 Å². The van der Waals surface area contributed by atoms with Crippen molar-refractivity contribution in [2.75, 3.05) is 39.0 Å². The van der Waals surface area contributed by atoms with Gasteiger partial charge >= 0.3 is 12.1 Å². The molecule has 0 aliphatic heterocycles. The molecule has 0 aliphatic rings. The molecule has 0 atom stereocenters. The second-order valence-electron chi connectivity index (χ2n) is 7.75. The molecule has 0 saturated heterocycles. The predicted octanol–water partition coefficient (Wildman–Crippen LogP) is 4.21.